The van der Waals surface area contributed by atoms with Crippen molar-refractivity contribution in [1.82, 2.24) is 9.88 Å². The third kappa shape index (κ3) is 4.43. The molecule has 0 aliphatic carbocycles. The van der Waals surface area contributed by atoms with E-state index in [0.29, 0.717) is 0 Å². The van der Waals surface area contributed by atoms with Gasteiger partial charge in [0.1, 0.15) is 0 Å². The van der Waals surface area contributed by atoms with Crippen LogP contribution in [0, 0.1) is 0 Å². The number of hydrogen-bond donors (Lipinski definition) is 1. The van der Waals surface area contributed by atoms with Crippen molar-refractivity contribution in [2.24, 2.45) is 0 Å². The SMILES string of the molecule is COC(=O)Cc1cc(NCCCN(C)C)c2ccccc2n1. The molecule has 0 bridgehead atoms. The largest absolute Gasteiger partial charge is 0.469 e. The number of fused-ring (bicyclic) bond motifs is 1. The van der Waals surface area contributed by atoms with Crippen LogP contribution in [0.4, 0.5) is 5.69 Å². The molecule has 0 aliphatic rings. The Hall–Kier alpha value is -2.14. The number of rotatable bonds is 7. The lowest BCUT2D eigenvalue weighted by molar-refractivity contribution is -0.139. The van der Waals surface area contributed by atoms with Crippen LogP contribution in [-0.4, -0.2) is 50.1 Å². The van der Waals surface area contributed by atoms with E-state index in [-0.39, 0.29) is 12.4 Å². The van der Waals surface area contributed by atoms with Crippen molar-refractivity contribution < 1.29 is 9.53 Å². The Bertz CT molecular complexity index is 641. The number of carbonyl (C=O) groups excluding carboxylic acids is 1. The molecule has 0 unspecified atom stereocenters. The number of benzene rings is 1. The minimum Gasteiger partial charge on any atom is -0.469 e. The average molecular weight is 301 g/mol. The van der Waals surface area contributed by atoms with Crippen molar-refractivity contribution in [1.29, 1.82) is 0 Å². The Labute approximate surface area is 131 Å². The first-order valence-corrected chi connectivity index (χ1v) is 7.44. The average Bonchev–Trinajstić information content (AvgIpc) is 2.51. The normalized spacial score (nSPS) is 10.9. The van der Waals surface area contributed by atoms with Crippen molar-refractivity contribution >= 4 is 22.6 Å². The molecule has 0 spiro atoms. The third-order valence-corrected chi connectivity index (χ3v) is 3.42. The minimum absolute atomic E-state index is 0.188. The van der Waals surface area contributed by atoms with E-state index in [9.17, 15) is 4.79 Å². The molecule has 0 saturated carbocycles. The van der Waals surface area contributed by atoms with Crippen LogP contribution in [0.3, 0.4) is 0 Å². The molecule has 5 nitrogen and oxygen atoms in total. The quantitative estimate of drug-likeness (QED) is 0.628. The summed E-state index contributed by atoms with van der Waals surface area (Å²) in [5, 5.41) is 4.53. The number of ether oxygens (including phenoxy) is 1. The standard InChI is InChI=1S/C17H23N3O2/c1-20(2)10-6-9-18-16-11-13(12-17(21)22-3)19-15-8-5-4-7-14(15)16/h4-5,7-8,11H,6,9-10,12H2,1-3H3,(H,18,19). The highest BCUT2D eigenvalue weighted by Gasteiger charge is 2.09. The number of aromatic nitrogens is 1. The summed E-state index contributed by atoms with van der Waals surface area (Å²) in [7, 11) is 5.52. The van der Waals surface area contributed by atoms with Crippen LogP contribution in [0.15, 0.2) is 30.3 Å². The number of para-hydroxylation sites is 1. The molecular formula is C17H23N3O2. The maximum Gasteiger partial charge on any atom is 0.311 e. The smallest absolute Gasteiger partial charge is 0.311 e. The van der Waals surface area contributed by atoms with Gasteiger partial charge in [-0.15, -0.1) is 0 Å². The number of methoxy groups -OCH3 is 1. The maximum atomic E-state index is 11.5. The Balaban J connectivity index is 2.19. The Morgan fingerprint density at radius 1 is 1.32 bits per heavy atom. The number of nitrogens with one attached hydrogen (secondary N) is 1. The number of nitrogens with zero attached hydrogens (tertiary/aromatic N) is 2. The number of hydrogen-bond acceptors (Lipinski definition) is 5. The number of carbonyl (C=O) groups is 1. The van der Waals surface area contributed by atoms with E-state index in [4.69, 9.17) is 4.74 Å². The van der Waals surface area contributed by atoms with Gasteiger partial charge in [0.05, 0.1) is 24.7 Å². The Morgan fingerprint density at radius 3 is 2.82 bits per heavy atom. The summed E-state index contributed by atoms with van der Waals surface area (Å²) in [4.78, 5) is 18.2. The lowest BCUT2D eigenvalue weighted by atomic mass is 10.1. The minimum atomic E-state index is -0.277. The van der Waals surface area contributed by atoms with Crippen LogP contribution in [-0.2, 0) is 16.0 Å². The van der Waals surface area contributed by atoms with Crippen LogP contribution < -0.4 is 5.32 Å². The predicted octanol–water partition coefficient (Wildman–Crippen LogP) is 2.31. The molecule has 0 saturated heterocycles. The molecule has 1 heterocycles. The number of pyridine rings is 1. The molecule has 0 atom stereocenters. The zero-order chi connectivity index (χ0) is 15.9. The van der Waals surface area contributed by atoms with Crippen LogP contribution in [0.1, 0.15) is 12.1 Å². The molecule has 2 aromatic rings. The van der Waals surface area contributed by atoms with Gasteiger partial charge in [0.25, 0.3) is 0 Å². The molecule has 22 heavy (non-hydrogen) atoms. The van der Waals surface area contributed by atoms with Crippen molar-refractivity contribution in [3.8, 4) is 0 Å². The van der Waals surface area contributed by atoms with E-state index in [1.807, 2.05) is 30.3 Å². The van der Waals surface area contributed by atoms with Crippen LogP contribution >= 0.6 is 0 Å². The van der Waals surface area contributed by atoms with Crippen LogP contribution in [0.5, 0.6) is 0 Å². The van der Waals surface area contributed by atoms with Crippen molar-refractivity contribution in [2.45, 2.75) is 12.8 Å². The molecule has 118 valence electrons. The Kier molecular flexibility index (Phi) is 5.72. The van der Waals surface area contributed by atoms with Gasteiger partial charge in [-0.05, 0) is 39.2 Å². The van der Waals surface area contributed by atoms with E-state index in [1.54, 1.807) is 0 Å². The molecule has 5 heteroatoms. The summed E-state index contributed by atoms with van der Waals surface area (Å²) in [6, 6.07) is 9.89. The predicted molar refractivity (Wildman–Crippen MR) is 89.1 cm³/mol. The van der Waals surface area contributed by atoms with E-state index in [1.165, 1.54) is 7.11 Å². The zero-order valence-electron chi connectivity index (χ0n) is 13.4. The summed E-state index contributed by atoms with van der Waals surface area (Å²) < 4.78 is 4.73. The first-order valence-electron chi connectivity index (χ1n) is 7.44. The van der Waals surface area contributed by atoms with Crippen molar-refractivity contribution in [2.75, 3.05) is 39.6 Å². The van der Waals surface area contributed by atoms with Gasteiger partial charge in [-0.2, -0.15) is 0 Å². The summed E-state index contributed by atoms with van der Waals surface area (Å²) in [6.45, 7) is 1.91. The fourth-order valence-corrected chi connectivity index (χ4v) is 2.31. The third-order valence-electron chi connectivity index (χ3n) is 3.42. The van der Waals surface area contributed by atoms with Gasteiger partial charge in [-0.25, -0.2) is 0 Å². The lowest BCUT2D eigenvalue weighted by Crippen LogP contribution is -2.16. The van der Waals surface area contributed by atoms with Gasteiger partial charge in [-0.3, -0.25) is 9.78 Å². The first-order chi connectivity index (χ1) is 10.6. The van der Waals surface area contributed by atoms with E-state index in [0.717, 1.165) is 41.8 Å². The summed E-state index contributed by atoms with van der Waals surface area (Å²) in [5.74, 6) is -0.277. The van der Waals surface area contributed by atoms with Crippen molar-refractivity contribution in [3.63, 3.8) is 0 Å². The van der Waals surface area contributed by atoms with Gasteiger partial charge in [-0.1, -0.05) is 18.2 Å². The number of esters is 1. The molecule has 2 rings (SSSR count). The maximum absolute atomic E-state index is 11.5. The van der Waals surface area contributed by atoms with Crippen LogP contribution in [0.25, 0.3) is 10.9 Å². The van der Waals surface area contributed by atoms with Gasteiger partial charge in [0, 0.05) is 17.6 Å². The number of anilines is 1. The summed E-state index contributed by atoms with van der Waals surface area (Å²) >= 11 is 0. The molecule has 1 aromatic carbocycles. The van der Waals surface area contributed by atoms with E-state index in [2.05, 4.69) is 29.3 Å². The molecule has 0 amide bonds. The topological polar surface area (TPSA) is 54.5 Å². The highest BCUT2D eigenvalue weighted by atomic mass is 16.5. The summed E-state index contributed by atoms with van der Waals surface area (Å²) in [6.07, 6.45) is 1.24. The van der Waals surface area contributed by atoms with E-state index >= 15 is 0 Å². The molecule has 0 aliphatic heterocycles. The molecule has 0 radical (unpaired) electrons. The zero-order valence-corrected chi connectivity index (χ0v) is 13.4. The first kappa shape index (κ1) is 16.2. The van der Waals surface area contributed by atoms with Crippen molar-refractivity contribution in [3.05, 3.63) is 36.0 Å². The molecule has 0 fully saturated rings. The fraction of sp³-hybridized carbons (Fsp3) is 0.412. The Morgan fingerprint density at radius 2 is 2.09 bits per heavy atom. The lowest BCUT2D eigenvalue weighted by Gasteiger charge is -2.13. The molecule has 1 aromatic heterocycles. The molecule has 1 N–H and O–H groups in total. The van der Waals surface area contributed by atoms with E-state index < -0.39 is 0 Å². The second-order valence-electron chi connectivity index (χ2n) is 5.51. The van der Waals surface area contributed by atoms with Crippen LogP contribution in [0.2, 0.25) is 0 Å². The summed E-state index contributed by atoms with van der Waals surface area (Å²) in [5.41, 5.74) is 2.63. The van der Waals surface area contributed by atoms with Gasteiger partial charge in [0.2, 0.25) is 0 Å². The highest BCUT2D eigenvalue weighted by molar-refractivity contribution is 5.91. The second kappa shape index (κ2) is 7.75. The second-order valence-corrected chi connectivity index (χ2v) is 5.51. The fourth-order valence-electron chi connectivity index (χ4n) is 2.31. The van der Waals surface area contributed by atoms with Gasteiger partial charge >= 0.3 is 5.97 Å². The van der Waals surface area contributed by atoms with Gasteiger partial charge in [0.15, 0.2) is 0 Å². The van der Waals surface area contributed by atoms with Gasteiger partial charge < -0.3 is 15.0 Å². The highest BCUT2D eigenvalue weighted by Crippen LogP contribution is 2.23. The molecular weight excluding hydrogens is 278 g/mol. The monoisotopic (exact) mass is 301 g/mol.